The Morgan fingerprint density at radius 2 is 1.81 bits per heavy atom. The molecule has 0 aliphatic rings. The third-order valence-corrected chi connectivity index (χ3v) is 2.76. The van der Waals surface area contributed by atoms with Gasteiger partial charge in [-0.15, -0.1) is 0 Å². The molecule has 0 radical (unpaired) electrons. The van der Waals surface area contributed by atoms with E-state index in [2.05, 4.69) is 24.2 Å². The zero-order valence-corrected chi connectivity index (χ0v) is 9.69. The number of benzene rings is 1. The largest absolute Gasteiger partial charge is 0.296 e. The second kappa shape index (κ2) is 3.93. The number of hydrogen-bond acceptors (Lipinski definition) is 2. The molecule has 0 atom stereocenters. The van der Waals surface area contributed by atoms with Crippen molar-refractivity contribution < 1.29 is 4.79 Å². The zero-order valence-electron chi connectivity index (χ0n) is 9.69. The van der Waals surface area contributed by atoms with E-state index >= 15 is 0 Å². The standard InChI is InChI=1S/C13H14N2O/c1-9-4-6-11(7-5-9)13-10(2)12(8-16)14-15(13)3/h4-8H,1-3H3. The number of carbonyl (C=O) groups is 1. The van der Waals surface area contributed by atoms with E-state index in [0.29, 0.717) is 5.69 Å². The van der Waals surface area contributed by atoms with Gasteiger partial charge in [-0.05, 0) is 13.8 Å². The highest BCUT2D eigenvalue weighted by molar-refractivity contribution is 5.79. The summed E-state index contributed by atoms with van der Waals surface area (Å²) in [6.45, 7) is 3.97. The van der Waals surface area contributed by atoms with E-state index in [9.17, 15) is 4.79 Å². The van der Waals surface area contributed by atoms with Crippen molar-refractivity contribution in [3.8, 4) is 11.3 Å². The molecule has 82 valence electrons. The Morgan fingerprint density at radius 3 is 2.31 bits per heavy atom. The first kappa shape index (κ1) is 10.6. The van der Waals surface area contributed by atoms with Gasteiger partial charge in [0.1, 0.15) is 5.69 Å². The number of aromatic nitrogens is 2. The minimum absolute atomic E-state index is 0.512. The number of rotatable bonds is 2. The Labute approximate surface area is 94.7 Å². The van der Waals surface area contributed by atoms with Gasteiger partial charge in [0.2, 0.25) is 0 Å². The number of carbonyl (C=O) groups excluding carboxylic acids is 1. The van der Waals surface area contributed by atoms with Crippen LogP contribution in [0.4, 0.5) is 0 Å². The molecular formula is C13H14N2O. The van der Waals surface area contributed by atoms with E-state index < -0.39 is 0 Å². The first-order chi connectivity index (χ1) is 7.63. The summed E-state index contributed by atoms with van der Waals surface area (Å²) in [4.78, 5) is 10.8. The lowest BCUT2D eigenvalue weighted by Crippen LogP contribution is -1.94. The fourth-order valence-electron chi connectivity index (χ4n) is 1.88. The normalized spacial score (nSPS) is 10.4. The van der Waals surface area contributed by atoms with E-state index in [-0.39, 0.29) is 0 Å². The van der Waals surface area contributed by atoms with Crippen LogP contribution in [0, 0.1) is 13.8 Å². The third-order valence-electron chi connectivity index (χ3n) is 2.76. The Balaban J connectivity index is 2.59. The van der Waals surface area contributed by atoms with Gasteiger partial charge >= 0.3 is 0 Å². The molecule has 0 aliphatic carbocycles. The highest BCUT2D eigenvalue weighted by atomic mass is 16.1. The molecule has 1 aromatic carbocycles. The fraction of sp³-hybridized carbons (Fsp3) is 0.231. The van der Waals surface area contributed by atoms with Crippen LogP contribution in [0.2, 0.25) is 0 Å². The maximum atomic E-state index is 10.8. The van der Waals surface area contributed by atoms with Crippen molar-refractivity contribution in [2.75, 3.05) is 0 Å². The maximum Gasteiger partial charge on any atom is 0.170 e. The van der Waals surface area contributed by atoms with Crippen molar-refractivity contribution in [1.29, 1.82) is 0 Å². The summed E-state index contributed by atoms with van der Waals surface area (Å²) in [5.41, 5.74) is 4.76. The number of nitrogens with zero attached hydrogens (tertiary/aromatic N) is 2. The molecule has 1 heterocycles. The molecule has 3 heteroatoms. The Kier molecular flexibility index (Phi) is 2.60. The van der Waals surface area contributed by atoms with E-state index in [1.165, 1.54) is 5.56 Å². The smallest absolute Gasteiger partial charge is 0.170 e. The average molecular weight is 214 g/mol. The summed E-state index contributed by atoms with van der Waals surface area (Å²) in [7, 11) is 1.86. The third kappa shape index (κ3) is 1.65. The highest BCUT2D eigenvalue weighted by Gasteiger charge is 2.12. The molecule has 0 fully saturated rings. The van der Waals surface area contributed by atoms with Crippen molar-refractivity contribution in [2.45, 2.75) is 13.8 Å². The van der Waals surface area contributed by atoms with Gasteiger partial charge in [-0.2, -0.15) is 5.10 Å². The van der Waals surface area contributed by atoms with Crippen molar-refractivity contribution in [2.24, 2.45) is 7.05 Å². The van der Waals surface area contributed by atoms with Gasteiger partial charge in [-0.1, -0.05) is 29.8 Å². The molecule has 0 amide bonds. The molecule has 0 bridgehead atoms. The van der Waals surface area contributed by atoms with Gasteiger partial charge in [0.15, 0.2) is 6.29 Å². The lowest BCUT2D eigenvalue weighted by Gasteiger charge is -2.04. The molecule has 0 unspecified atom stereocenters. The van der Waals surface area contributed by atoms with Gasteiger partial charge < -0.3 is 0 Å². The second-order valence-corrected chi connectivity index (χ2v) is 3.97. The Hall–Kier alpha value is -1.90. The van der Waals surface area contributed by atoms with E-state index in [1.807, 2.05) is 26.1 Å². The van der Waals surface area contributed by atoms with Crippen molar-refractivity contribution >= 4 is 6.29 Å². The number of aryl methyl sites for hydroxylation is 2. The van der Waals surface area contributed by atoms with Crippen LogP contribution in [0.3, 0.4) is 0 Å². The quantitative estimate of drug-likeness (QED) is 0.720. The summed E-state index contributed by atoms with van der Waals surface area (Å²) in [6.07, 6.45) is 0.799. The van der Waals surface area contributed by atoms with Crippen molar-refractivity contribution in [3.63, 3.8) is 0 Å². The Morgan fingerprint density at radius 1 is 1.19 bits per heavy atom. The summed E-state index contributed by atoms with van der Waals surface area (Å²) in [5.74, 6) is 0. The van der Waals surface area contributed by atoms with E-state index in [1.54, 1.807) is 4.68 Å². The van der Waals surface area contributed by atoms with E-state index in [4.69, 9.17) is 0 Å². The SMILES string of the molecule is Cc1ccc(-c2c(C)c(C=O)nn2C)cc1. The predicted octanol–water partition coefficient (Wildman–Crippen LogP) is 2.52. The lowest BCUT2D eigenvalue weighted by molar-refractivity contribution is 0.111. The van der Waals surface area contributed by atoms with Crippen LogP contribution in [0.5, 0.6) is 0 Å². The van der Waals surface area contributed by atoms with Crippen LogP contribution in [0.25, 0.3) is 11.3 Å². The highest BCUT2D eigenvalue weighted by Crippen LogP contribution is 2.24. The molecule has 3 nitrogen and oxygen atoms in total. The molecule has 2 aromatic rings. The number of aldehydes is 1. The molecule has 16 heavy (non-hydrogen) atoms. The molecule has 2 rings (SSSR count). The van der Waals surface area contributed by atoms with Gasteiger partial charge in [0.05, 0.1) is 5.69 Å². The molecule has 0 saturated heterocycles. The molecule has 1 aromatic heterocycles. The van der Waals surface area contributed by atoms with Crippen LogP contribution in [-0.2, 0) is 7.05 Å². The van der Waals surface area contributed by atoms with Crippen molar-refractivity contribution in [1.82, 2.24) is 9.78 Å². The minimum Gasteiger partial charge on any atom is -0.296 e. The first-order valence-corrected chi connectivity index (χ1v) is 5.19. The van der Waals surface area contributed by atoms with Gasteiger partial charge in [0, 0.05) is 18.2 Å². The first-order valence-electron chi connectivity index (χ1n) is 5.19. The van der Waals surface area contributed by atoms with Crippen LogP contribution in [-0.4, -0.2) is 16.1 Å². The Bertz CT molecular complexity index is 524. The topological polar surface area (TPSA) is 34.9 Å². The van der Waals surface area contributed by atoms with Crippen LogP contribution in [0.1, 0.15) is 21.6 Å². The predicted molar refractivity (Wildman–Crippen MR) is 63.5 cm³/mol. The second-order valence-electron chi connectivity index (χ2n) is 3.97. The molecule has 0 spiro atoms. The molecule has 0 aliphatic heterocycles. The summed E-state index contributed by atoms with van der Waals surface area (Å²) < 4.78 is 1.75. The van der Waals surface area contributed by atoms with E-state index in [0.717, 1.165) is 23.1 Å². The minimum atomic E-state index is 0.512. The average Bonchev–Trinajstić information content (AvgIpc) is 2.56. The molecular weight excluding hydrogens is 200 g/mol. The van der Waals surface area contributed by atoms with Gasteiger partial charge in [-0.3, -0.25) is 9.48 Å². The van der Waals surface area contributed by atoms with Crippen molar-refractivity contribution in [3.05, 3.63) is 41.1 Å². The van der Waals surface area contributed by atoms with Crippen LogP contribution < -0.4 is 0 Å². The zero-order chi connectivity index (χ0) is 11.7. The summed E-state index contributed by atoms with van der Waals surface area (Å²) in [5, 5.41) is 4.18. The van der Waals surface area contributed by atoms with Crippen LogP contribution in [0.15, 0.2) is 24.3 Å². The number of hydrogen-bond donors (Lipinski definition) is 0. The lowest BCUT2D eigenvalue weighted by atomic mass is 10.1. The molecule has 0 N–H and O–H groups in total. The maximum absolute atomic E-state index is 10.8. The summed E-state index contributed by atoms with van der Waals surface area (Å²) >= 11 is 0. The van der Waals surface area contributed by atoms with Gasteiger partial charge in [0.25, 0.3) is 0 Å². The van der Waals surface area contributed by atoms with Gasteiger partial charge in [-0.25, -0.2) is 0 Å². The monoisotopic (exact) mass is 214 g/mol. The summed E-state index contributed by atoms with van der Waals surface area (Å²) in [6, 6.07) is 8.21. The fourth-order valence-corrected chi connectivity index (χ4v) is 1.88. The van der Waals surface area contributed by atoms with Crippen LogP contribution >= 0.6 is 0 Å². The molecule has 0 saturated carbocycles.